The van der Waals surface area contributed by atoms with Gasteiger partial charge in [0.2, 0.25) is 0 Å². The van der Waals surface area contributed by atoms with Crippen molar-refractivity contribution in [3.63, 3.8) is 0 Å². The fourth-order valence-electron chi connectivity index (χ4n) is 0.908. The van der Waals surface area contributed by atoms with Crippen molar-refractivity contribution in [2.45, 2.75) is 26.4 Å². The minimum atomic E-state index is -0.241. The van der Waals surface area contributed by atoms with Crippen LogP contribution in [-0.2, 0) is 4.74 Å². The predicted octanol–water partition coefficient (Wildman–Crippen LogP) is 2.64. The molecule has 0 saturated carbocycles. The van der Waals surface area contributed by atoms with Gasteiger partial charge in [-0.15, -0.1) is 0 Å². The lowest BCUT2D eigenvalue weighted by molar-refractivity contribution is 0.0334. The van der Waals surface area contributed by atoms with Crippen LogP contribution in [0.1, 0.15) is 30.6 Å². The summed E-state index contributed by atoms with van der Waals surface area (Å²) in [7, 11) is 0. The molecule has 1 aromatic carbocycles. The minimum absolute atomic E-state index is 0.00675. The molecule has 0 fully saturated rings. The van der Waals surface area contributed by atoms with Crippen molar-refractivity contribution >= 4 is 5.97 Å². The van der Waals surface area contributed by atoms with Crippen molar-refractivity contribution < 1.29 is 9.53 Å². The third kappa shape index (κ3) is 2.90. The Labute approximate surface area is 78.5 Å². The molecule has 13 heavy (non-hydrogen) atoms. The zero-order chi connectivity index (χ0) is 9.68. The van der Waals surface area contributed by atoms with Crippen LogP contribution in [0.15, 0.2) is 30.3 Å². The number of hydrogen-bond donors (Lipinski definition) is 0. The zero-order valence-corrected chi connectivity index (χ0v) is 7.99. The van der Waals surface area contributed by atoms with Crippen LogP contribution in [0.2, 0.25) is 0 Å². The van der Waals surface area contributed by atoms with E-state index in [1.165, 1.54) is 0 Å². The van der Waals surface area contributed by atoms with E-state index in [1.54, 1.807) is 12.1 Å². The molecule has 0 unspecified atom stereocenters. The fourth-order valence-corrected chi connectivity index (χ4v) is 0.908. The molecular formula is C11H14O2. The molecule has 0 spiro atoms. The quantitative estimate of drug-likeness (QED) is 0.665. The predicted molar refractivity (Wildman–Crippen MR) is 51.6 cm³/mol. The topological polar surface area (TPSA) is 26.3 Å². The standard InChI is InChI=1S/C11H14O2/c1-3-9(2)13-11(12)10-7-5-4-6-8-10/h4-9H,3H2,1-2H3/t9-/m0/s1. The van der Waals surface area contributed by atoms with Gasteiger partial charge < -0.3 is 4.74 Å². The second kappa shape index (κ2) is 4.65. The van der Waals surface area contributed by atoms with Crippen molar-refractivity contribution in [2.24, 2.45) is 0 Å². The fraction of sp³-hybridized carbons (Fsp3) is 0.364. The van der Waals surface area contributed by atoms with Gasteiger partial charge in [-0.25, -0.2) is 4.79 Å². The Bertz CT molecular complexity index is 267. The van der Waals surface area contributed by atoms with E-state index in [4.69, 9.17) is 4.74 Å². The Balaban J connectivity index is 2.59. The highest BCUT2D eigenvalue weighted by molar-refractivity contribution is 5.89. The van der Waals surface area contributed by atoms with Crippen LogP contribution in [0.25, 0.3) is 0 Å². The van der Waals surface area contributed by atoms with Crippen LogP contribution in [0.3, 0.4) is 0 Å². The van der Waals surface area contributed by atoms with Crippen molar-refractivity contribution in [2.75, 3.05) is 0 Å². The van der Waals surface area contributed by atoms with Crippen LogP contribution < -0.4 is 0 Å². The number of hydrogen-bond acceptors (Lipinski definition) is 2. The molecule has 0 aromatic heterocycles. The summed E-state index contributed by atoms with van der Waals surface area (Å²) in [4.78, 5) is 11.4. The average molecular weight is 178 g/mol. The van der Waals surface area contributed by atoms with Crippen molar-refractivity contribution in [3.05, 3.63) is 35.9 Å². The minimum Gasteiger partial charge on any atom is -0.459 e. The highest BCUT2D eigenvalue weighted by Gasteiger charge is 2.08. The van der Waals surface area contributed by atoms with Crippen molar-refractivity contribution in [3.8, 4) is 0 Å². The van der Waals surface area contributed by atoms with Gasteiger partial charge in [-0.1, -0.05) is 25.1 Å². The third-order valence-corrected chi connectivity index (χ3v) is 1.89. The lowest BCUT2D eigenvalue weighted by atomic mass is 10.2. The summed E-state index contributed by atoms with van der Waals surface area (Å²) < 4.78 is 5.15. The lowest BCUT2D eigenvalue weighted by Gasteiger charge is -2.10. The van der Waals surface area contributed by atoms with Gasteiger partial charge in [0.1, 0.15) is 0 Å². The summed E-state index contributed by atoms with van der Waals surface area (Å²) in [6.07, 6.45) is 0.839. The third-order valence-electron chi connectivity index (χ3n) is 1.89. The van der Waals surface area contributed by atoms with Crippen molar-refractivity contribution in [1.82, 2.24) is 0 Å². The highest BCUT2D eigenvalue weighted by atomic mass is 16.5. The molecule has 1 atom stereocenters. The van der Waals surface area contributed by atoms with Gasteiger partial charge >= 0.3 is 5.97 Å². The van der Waals surface area contributed by atoms with E-state index in [-0.39, 0.29) is 12.1 Å². The van der Waals surface area contributed by atoms with E-state index in [9.17, 15) is 4.79 Å². The second-order valence-electron chi connectivity index (χ2n) is 2.99. The molecule has 0 heterocycles. The number of benzene rings is 1. The van der Waals surface area contributed by atoms with E-state index in [2.05, 4.69) is 0 Å². The Kier molecular flexibility index (Phi) is 3.50. The van der Waals surface area contributed by atoms with E-state index >= 15 is 0 Å². The zero-order valence-electron chi connectivity index (χ0n) is 7.99. The molecule has 1 rings (SSSR count). The first kappa shape index (κ1) is 9.78. The Morgan fingerprint density at radius 3 is 2.54 bits per heavy atom. The summed E-state index contributed by atoms with van der Waals surface area (Å²) in [6, 6.07) is 9.04. The average Bonchev–Trinajstić information content (AvgIpc) is 2.19. The highest BCUT2D eigenvalue weighted by Crippen LogP contribution is 2.05. The normalized spacial score (nSPS) is 12.2. The van der Waals surface area contributed by atoms with Gasteiger partial charge in [-0.3, -0.25) is 0 Å². The number of esters is 1. The van der Waals surface area contributed by atoms with E-state index < -0.39 is 0 Å². The van der Waals surface area contributed by atoms with E-state index in [0.717, 1.165) is 6.42 Å². The Morgan fingerprint density at radius 2 is 2.00 bits per heavy atom. The molecule has 0 aliphatic carbocycles. The smallest absolute Gasteiger partial charge is 0.338 e. The molecule has 1 aromatic rings. The molecule has 0 saturated heterocycles. The SMILES string of the molecule is CC[C@H](C)OC(=O)c1ccccc1. The summed E-state index contributed by atoms with van der Waals surface area (Å²) in [5.41, 5.74) is 0.614. The first-order chi connectivity index (χ1) is 6.24. The Hall–Kier alpha value is -1.31. The van der Waals surface area contributed by atoms with Crippen LogP contribution in [0.4, 0.5) is 0 Å². The molecular weight excluding hydrogens is 164 g/mol. The Morgan fingerprint density at radius 1 is 1.38 bits per heavy atom. The first-order valence-electron chi connectivity index (χ1n) is 4.50. The van der Waals surface area contributed by atoms with Gasteiger partial charge in [0.25, 0.3) is 0 Å². The largest absolute Gasteiger partial charge is 0.459 e. The van der Waals surface area contributed by atoms with Crippen LogP contribution in [0, 0.1) is 0 Å². The van der Waals surface area contributed by atoms with Gasteiger partial charge in [-0.2, -0.15) is 0 Å². The number of ether oxygens (including phenoxy) is 1. The molecule has 0 amide bonds. The van der Waals surface area contributed by atoms with Crippen LogP contribution in [-0.4, -0.2) is 12.1 Å². The van der Waals surface area contributed by atoms with Crippen molar-refractivity contribution in [1.29, 1.82) is 0 Å². The molecule has 0 aliphatic heterocycles. The van der Waals surface area contributed by atoms with Crippen LogP contribution >= 0.6 is 0 Å². The maximum Gasteiger partial charge on any atom is 0.338 e. The monoisotopic (exact) mass is 178 g/mol. The molecule has 0 radical (unpaired) electrons. The van der Waals surface area contributed by atoms with Gasteiger partial charge in [-0.05, 0) is 25.5 Å². The van der Waals surface area contributed by atoms with Gasteiger partial charge in [0.15, 0.2) is 0 Å². The summed E-state index contributed by atoms with van der Waals surface area (Å²) in [6.45, 7) is 3.88. The van der Waals surface area contributed by atoms with Gasteiger partial charge in [0, 0.05) is 0 Å². The molecule has 0 bridgehead atoms. The van der Waals surface area contributed by atoms with E-state index in [0.29, 0.717) is 5.56 Å². The summed E-state index contributed by atoms with van der Waals surface area (Å²) in [5.74, 6) is -0.241. The number of carbonyl (C=O) groups excluding carboxylic acids is 1. The molecule has 0 N–H and O–H groups in total. The molecule has 0 aliphatic rings. The maximum atomic E-state index is 11.4. The van der Waals surface area contributed by atoms with Crippen LogP contribution in [0.5, 0.6) is 0 Å². The number of rotatable bonds is 3. The summed E-state index contributed by atoms with van der Waals surface area (Å²) in [5, 5.41) is 0. The molecule has 70 valence electrons. The first-order valence-corrected chi connectivity index (χ1v) is 4.50. The lowest BCUT2D eigenvalue weighted by Crippen LogP contribution is -2.13. The maximum absolute atomic E-state index is 11.4. The molecule has 2 heteroatoms. The van der Waals surface area contributed by atoms with E-state index in [1.807, 2.05) is 32.0 Å². The van der Waals surface area contributed by atoms with Gasteiger partial charge in [0.05, 0.1) is 11.7 Å². The molecule has 2 nitrogen and oxygen atoms in total. The number of carbonyl (C=O) groups is 1. The second-order valence-corrected chi connectivity index (χ2v) is 2.99. The summed E-state index contributed by atoms with van der Waals surface area (Å²) >= 11 is 0.